The summed E-state index contributed by atoms with van der Waals surface area (Å²) in [6.07, 6.45) is 2.87. The van der Waals surface area contributed by atoms with E-state index in [-0.39, 0.29) is 0 Å². The fourth-order valence-corrected chi connectivity index (χ4v) is 4.49. The Morgan fingerprint density at radius 3 is 2.55 bits per heavy atom. The molecule has 3 rings (SSSR count). The number of nitrogens with one attached hydrogen (secondary N) is 1. The minimum Gasteiger partial charge on any atom is -0.311 e. The van der Waals surface area contributed by atoms with E-state index in [0.29, 0.717) is 18.0 Å². The fraction of sp³-hybridized carbons (Fsp3) is 0.765. The topological polar surface area (TPSA) is 15.3 Å². The second kappa shape index (κ2) is 5.78. The van der Waals surface area contributed by atoms with Crippen LogP contribution < -0.4 is 5.32 Å². The lowest BCUT2D eigenvalue weighted by Crippen LogP contribution is -2.59. The Balaban J connectivity index is 1.77. The number of piperazine rings is 1. The summed E-state index contributed by atoms with van der Waals surface area (Å²) in [6.45, 7) is 11.7. The average molecular weight is 292 g/mol. The number of hydrogen-bond acceptors (Lipinski definition) is 3. The quantitative estimate of drug-likeness (QED) is 0.907. The van der Waals surface area contributed by atoms with Gasteiger partial charge in [-0.25, -0.2) is 0 Å². The van der Waals surface area contributed by atoms with E-state index in [1.165, 1.54) is 29.1 Å². The Hall–Kier alpha value is -0.380. The van der Waals surface area contributed by atoms with Gasteiger partial charge in [-0.05, 0) is 50.7 Å². The maximum atomic E-state index is 3.82. The lowest BCUT2D eigenvalue weighted by Gasteiger charge is -2.45. The summed E-state index contributed by atoms with van der Waals surface area (Å²) >= 11 is 1.97. The van der Waals surface area contributed by atoms with Crippen LogP contribution >= 0.6 is 11.3 Å². The van der Waals surface area contributed by atoms with Crippen molar-refractivity contribution in [1.29, 1.82) is 0 Å². The van der Waals surface area contributed by atoms with E-state index >= 15 is 0 Å². The monoisotopic (exact) mass is 292 g/mol. The van der Waals surface area contributed by atoms with Gasteiger partial charge in [0, 0.05) is 41.0 Å². The van der Waals surface area contributed by atoms with Gasteiger partial charge in [-0.2, -0.15) is 0 Å². The summed E-state index contributed by atoms with van der Waals surface area (Å²) in [7, 11) is 0. The Bertz CT molecular complexity index is 450. The third kappa shape index (κ3) is 2.95. The SMILES string of the molecule is Cc1ccc(C(C)N2CC(C3CC3)NCC2C(C)C)s1. The van der Waals surface area contributed by atoms with Crippen LogP contribution in [-0.2, 0) is 0 Å². The molecule has 2 nitrogen and oxygen atoms in total. The van der Waals surface area contributed by atoms with Crippen molar-refractivity contribution < 1.29 is 0 Å². The van der Waals surface area contributed by atoms with Crippen molar-refractivity contribution in [1.82, 2.24) is 10.2 Å². The highest BCUT2D eigenvalue weighted by Gasteiger charge is 2.39. The van der Waals surface area contributed by atoms with Crippen LogP contribution in [0.25, 0.3) is 0 Å². The first kappa shape index (κ1) is 14.6. The second-order valence-electron chi connectivity index (χ2n) is 6.98. The first-order valence-electron chi connectivity index (χ1n) is 8.11. The van der Waals surface area contributed by atoms with Crippen molar-refractivity contribution in [3.63, 3.8) is 0 Å². The van der Waals surface area contributed by atoms with Crippen molar-refractivity contribution in [3.05, 3.63) is 21.9 Å². The zero-order chi connectivity index (χ0) is 14.3. The van der Waals surface area contributed by atoms with Crippen LogP contribution in [0, 0.1) is 18.8 Å². The van der Waals surface area contributed by atoms with Gasteiger partial charge in [0.25, 0.3) is 0 Å². The first-order chi connectivity index (χ1) is 9.56. The molecule has 1 saturated heterocycles. The lowest BCUT2D eigenvalue weighted by atomic mass is 9.95. The summed E-state index contributed by atoms with van der Waals surface area (Å²) in [6, 6.07) is 6.55. The van der Waals surface area contributed by atoms with E-state index in [9.17, 15) is 0 Å². The molecule has 0 bridgehead atoms. The van der Waals surface area contributed by atoms with Crippen molar-refractivity contribution >= 4 is 11.3 Å². The molecule has 0 radical (unpaired) electrons. The summed E-state index contributed by atoms with van der Waals surface area (Å²) in [5, 5.41) is 3.82. The molecule has 3 atom stereocenters. The van der Waals surface area contributed by atoms with Crippen LogP contribution in [0.5, 0.6) is 0 Å². The van der Waals surface area contributed by atoms with Gasteiger partial charge >= 0.3 is 0 Å². The highest BCUT2D eigenvalue weighted by molar-refractivity contribution is 7.12. The Morgan fingerprint density at radius 2 is 2.00 bits per heavy atom. The molecule has 2 aliphatic rings. The standard InChI is InChI=1S/C17H28N2S/c1-11(2)16-9-18-15(14-6-7-14)10-19(16)13(4)17-8-5-12(3)20-17/h5,8,11,13-16,18H,6-7,9-10H2,1-4H3. The van der Waals surface area contributed by atoms with Crippen molar-refractivity contribution in [2.75, 3.05) is 13.1 Å². The zero-order valence-corrected chi connectivity index (χ0v) is 14.0. The predicted molar refractivity (Wildman–Crippen MR) is 87.3 cm³/mol. The molecule has 20 heavy (non-hydrogen) atoms. The number of aryl methyl sites for hydroxylation is 1. The molecule has 1 aromatic heterocycles. The van der Waals surface area contributed by atoms with Crippen LogP contribution in [0.3, 0.4) is 0 Å². The Labute approximate surface area is 127 Å². The average Bonchev–Trinajstić information content (AvgIpc) is 3.19. The van der Waals surface area contributed by atoms with Crippen LogP contribution in [0.1, 0.15) is 49.4 Å². The van der Waals surface area contributed by atoms with Crippen molar-refractivity contribution in [2.45, 2.75) is 58.7 Å². The minimum atomic E-state index is 0.560. The van der Waals surface area contributed by atoms with Crippen LogP contribution in [-0.4, -0.2) is 30.1 Å². The molecule has 3 unspecified atom stereocenters. The van der Waals surface area contributed by atoms with Crippen molar-refractivity contribution in [3.8, 4) is 0 Å². The van der Waals surface area contributed by atoms with E-state index < -0.39 is 0 Å². The van der Waals surface area contributed by atoms with Gasteiger partial charge in [-0.15, -0.1) is 11.3 Å². The molecule has 0 amide bonds. The molecular formula is C17H28N2S. The lowest BCUT2D eigenvalue weighted by molar-refractivity contribution is 0.0582. The summed E-state index contributed by atoms with van der Waals surface area (Å²) in [5.74, 6) is 1.66. The minimum absolute atomic E-state index is 0.560. The molecule has 2 heterocycles. The largest absolute Gasteiger partial charge is 0.311 e. The van der Waals surface area contributed by atoms with E-state index in [1.54, 1.807) is 0 Å². The molecule has 0 aromatic carbocycles. The molecular weight excluding hydrogens is 264 g/mol. The molecule has 0 spiro atoms. The molecule has 1 N–H and O–H groups in total. The van der Waals surface area contributed by atoms with Gasteiger partial charge in [0.2, 0.25) is 0 Å². The highest BCUT2D eigenvalue weighted by atomic mass is 32.1. The van der Waals surface area contributed by atoms with Gasteiger partial charge < -0.3 is 5.32 Å². The fourth-order valence-electron chi connectivity index (χ4n) is 3.54. The first-order valence-corrected chi connectivity index (χ1v) is 8.93. The molecule has 1 aliphatic heterocycles. The van der Waals surface area contributed by atoms with E-state index in [1.807, 2.05) is 11.3 Å². The second-order valence-corrected chi connectivity index (χ2v) is 8.30. The predicted octanol–water partition coefficient (Wildman–Crippen LogP) is 3.83. The van der Waals surface area contributed by atoms with Crippen molar-refractivity contribution in [2.24, 2.45) is 11.8 Å². The molecule has 3 heteroatoms. The van der Waals surface area contributed by atoms with Crippen LogP contribution in [0.2, 0.25) is 0 Å². The maximum Gasteiger partial charge on any atom is 0.0417 e. The maximum absolute atomic E-state index is 3.82. The van der Waals surface area contributed by atoms with Gasteiger partial charge in [0.15, 0.2) is 0 Å². The van der Waals surface area contributed by atoms with Gasteiger partial charge in [0.1, 0.15) is 0 Å². The van der Waals surface area contributed by atoms with E-state index in [2.05, 4.69) is 50.0 Å². The number of rotatable bonds is 4. The Morgan fingerprint density at radius 1 is 1.25 bits per heavy atom. The van der Waals surface area contributed by atoms with E-state index in [4.69, 9.17) is 0 Å². The van der Waals surface area contributed by atoms with E-state index in [0.717, 1.165) is 18.5 Å². The number of thiophene rings is 1. The highest BCUT2D eigenvalue weighted by Crippen LogP contribution is 2.38. The molecule has 1 aliphatic carbocycles. The Kier molecular flexibility index (Phi) is 4.21. The summed E-state index contributed by atoms with van der Waals surface area (Å²) < 4.78 is 0. The molecule has 2 fully saturated rings. The summed E-state index contributed by atoms with van der Waals surface area (Å²) in [5.41, 5.74) is 0. The molecule has 112 valence electrons. The number of nitrogens with zero attached hydrogens (tertiary/aromatic N) is 1. The number of hydrogen-bond donors (Lipinski definition) is 1. The third-order valence-corrected chi connectivity index (χ3v) is 6.22. The van der Waals surface area contributed by atoms with Crippen LogP contribution in [0.15, 0.2) is 12.1 Å². The van der Waals surface area contributed by atoms with Gasteiger partial charge in [0.05, 0.1) is 0 Å². The zero-order valence-electron chi connectivity index (χ0n) is 13.2. The smallest absolute Gasteiger partial charge is 0.0417 e. The van der Waals surface area contributed by atoms with Crippen LogP contribution in [0.4, 0.5) is 0 Å². The summed E-state index contributed by atoms with van der Waals surface area (Å²) in [4.78, 5) is 5.74. The van der Waals surface area contributed by atoms with Gasteiger partial charge in [-0.1, -0.05) is 13.8 Å². The normalized spacial score (nSPS) is 29.9. The third-order valence-electron chi connectivity index (χ3n) is 5.05. The molecule has 1 saturated carbocycles. The van der Waals surface area contributed by atoms with Gasteiger partial charge in [-0.3, -0.25) is 4.90 Å². The molecule has 1 aromatic rings.